The smallest absolute Gasteiger partial charge is 0.209 e. The first-order valence-corrected chi connectivity index (χ1v) is 7.53. The summed E-state index contributed by atoms with van der Waals surface area (Å²) >= 11 is 0. The van der Waals surface area contributed by atoms with Crippen LogP contribution in [0.25, 0.3) is 0 Å². The third-order valence-corrected chi connectivity index (χ3v) is 3.17. The molecule has 0 bridgehead atoms. The molecule has 18 heavy (non-hydrogen) atoms. The lowest BCUT2D eigenvalue weighted by molar-refractivity contribution is 0.347. The average molecular weight is 275 g/mol. The van der Waals surface area contributed by atoms with E-state index < -0.39 is 10.0 Å². The quantitative estimate of drug-likeness (QED) is 0.700. The number of sulfonamides is 1. The minimum absolute atomic E-state index is 0.00528. The van der Waals surface area contributed by atoms with Gasteiger partial charge in [-0.15, -0.1) is 5.10 Å². The van der Waals surface area contributed by atoms with Gasteiger partial charge in [-0.1, -0.05) is 5.21 Å². The fraction of sp³-hybridized carbons (Fsp3) is 0.800. The van der Waals surface area contributed by atoms with Gasteiger partial charge in [0.15, 0.2) is 0 Å². The summed E-state index contributed by atoms with van der Waals surface area (Å²) in [6, 6.07) is 0. The molecule has 0 aliphatic heterocycles. The second-order valence-electron chi connectivity index (χ2n) is 5.22. The first-order chi connectivity index (χ1) is 8.18. The zero-order valence-corrected chi connectivity index (χ0v) is 11.9. The maximum atomic E-state index is 10.7. The molecule has 7 nitrogen and oxygen atoms in total. The van der Waals surface area contributed by atoms with E-state index in [1.54, 1.807) is 4.68 Å². The lowest BCUT2D eigenvalue weighted by atomic mass is 10.1. The van der Waals surface area contributed by atoms with Gasteiger partial charge in [0.1, 0.15) is 0 Å². The van der Waals surface area contributed by atoms with Gasteiger partial charge in [-0.2, -0.15) is 0 Å². The highest BCUT2D eigenvalue weighted by atomic mass is 32.2. The monoisotopic (exact) mass is 275 g/mol. The lowest BCUT2D eigenvalue weighted by Gasteiger charge is -2.17. The van der Waals surface area contributed by atoms with Crippen LogP contribution in [-0.4, -0.2) is 35.7 Å². The first-order valence-electron chi connectivity index (χ1n) is 5.81. The number of nitrogens with two attached hydrogens (primary N) is 1. The number of primary sulfonamides is 1. The summed E-state index contributed by atoms with van der Waals surface area (Å²) in [6.07, 6.45) is 2.37. The van der Waals surface area contributed by atoms with Crippen molar-refractivity contribution in [3.8, 4) is 0 Å². The number of rotatable bonds is 6. The van der Waals surface area contributed by atoms with E-state index in [2.05, 4.69) is 15.6 Å². The van der Waals surface area contributed by atoms with E-state index in [0.29, 0.717) is 19.5 Å². The second-order valence-corrected chi connectivity index (χ2v) is 6.96. The zero-order chi connectivity index (χ0) is 13.8. The van der Waals surface area contributed by atoms with Crippen LogP contribution < -0.4 is 10.5 Å². The maximum Gasteiger partial charge on any atom is 0.209 e. The highest BCUT2D eigenvalue weighted by Gasteiger charge is 2.14. The van der Waals surface area contributed by atoms with Crippen LogP contribution in [0.1, 0.15) is 32.9 Å². The molecule has 1 heterocycles. The van der Waals surface area contributed by atoms with E-state index in [1.165, 1.54) is 0 Å². The predicted octanol–water partition coefficient (Wildman–Crippen LogP) is -0.199. The van der Waals surface area contributed by atoms with E-state index in [0.717, 1.165) is 5.69 Å². The minimum Gasteiger partial charge on any atom is -0.311 e. The Bertz CT molecular complexity index is 475. The van der Waals surface area contributed by atoms with E-state index in [4.69, 9.17) is 5.14 Å². The largest absolute Gasteiger partial charge is 0.311 e. The minimum atomic E-state index is -3.36. The molecular formula is C10H21N5O2S. The molecule has 0 saturated heterocycles. The number of nitrogens with zero attached hydrogens (tertiary/aromatic N) is 3. The molecule has 0 aliphatic carbocycles. The topological polar surface area (TPSA) is 103 Å². The van der Waals surface area contributed by atoms with E-state index in [-0.39, 0.29) is 11.3 Å². The molecule has 3 N–H and O–H groups in total. The zero-order valence-electron chi connectivity index (χ0n) is 11.0. The van der Waals surface area contributed by atoms with Gasteiger partial charge in [0, 0.05) is 6.54 Å². The third kappa shape index (κ3) is 5.56. The Morgan fingerprint density at radius 1 is 1.44 bits per heavy atom. The molecule has 1 aromatic rings. The van der Waals surface area contributed by atoms with Crippen LogP contribution >= 0.6 is 0 Å². The van der Waals surface area contributed by atoms with Gasteiger partial charge in [0.25, 0.3) is 0 Å². The van der Waals surface area contributed by atoms with Crippen LogP contribution in [0.5, 0.6) is 0 Å². The van der Waals surface area contributed by atoms with E-state index >= 15 is 0 Å². The number of hydrogen-bond acceptors (Lipinski definition) is 5. The highest BCUT2D eigenvalue weighted by Crippen LogP contribution is 2.11. The van der Waals surface area contributed by atoms with Crippen molar-refractivity contribution in [3.63, 3.8) is 0 Å². The van der Waals surface area contributed by atoms with Gasteiger partial charge < -0.3 is 5.32 Å². The Morgan fingerprint density at radius 2 is 2.11 bits per heavy atom. The van der Waals surface area contributed by atoms with E-state index in [9.17, 15) is 8.42 Å². The van der Waals surface area contributed by atoms with Crippen molar-refractivity contribution in [2.45, 2.75) is 39.3 Å². The molecule has 0 aromatic carbocycles. The molecule has 8 heteroatoms. The molecule has 0 saturated carbocycles. The van der Waals surface area contributed by atoms with Crippen LogP contribution in [0.2, 0.25) is 0 Å². The van der Waals surface area contributed by atoms with Gasteiger partial charge in [-0.05, 0) is 33.7 Å². The standard InChI is InChI=1S/C10H21N5O2S/c1-10(2,3)15-8-9(13-14-15)7-12-5-4-6-18(11,16)17/h8,12H,4-7H2,1-3H3,(H2,11,16,17). The second kappa shape index (κ2) is 5.77. The predicted molar refractivity (Wildman–Crippen MR) is 69.3 cm³/mol. The summed E-state index contributed by atoms with van der Waals surface area (Å²) < 4.78 is 23.2. The Labute approximate surface area is 108 Å². The normalized spacial score (nSPS) is 12.9. The first kappa shape index (κ1) is 15.1. The SMILES string of the molecule is CC(C)(C)n1cc(CNCCCS(N)(=O)=O)nn1. The molecule has 0 aliphatic rings. The van der Waals surface area contributed by atoms with Crippen molar-refractivity contribution >= 4 is 10.0 Å². The van der Waals surface area contributed by atoms with Crippen LogP contribution in [0.15, 0.2) is 6.20 Å². The fourth-order valence-electron chi connectivity index (χ4n) is 1.32. The summed E-state index contributed by atoms with van der Waals surface area (Å²) in [5.74, 6) is -0.00528. The molecule has 0 unspecified atom stereocenters. The van der Waals surface area contributed by atoms with Crippen LogP contribution in [0, 0.1) is 0 Å². The van der Waals surface area contributed by atoms with Gasteiger partial charge >= 0.3 is 0 Å². The average Bonchev–Trinajstić information content (AvgIpc) is 2.63. The van der Waals surface area contributed by atoms with Crippen LogP contribution in [-0.2, 0) is 22.1 Å². The maximum absolute atomic E-state index is 10.7. The van der Waals surface area contributed by atoms with Crippen molar-refractivity contribution in [3.05, 3.63) is 11.9 Å². The number of hydrogen-bond donors (Lipinski definition) is 2. The molecule has 0 radical (unpaired) electrons. The summed E-state index contributed by atoms with van der Waals surface area (Å²) in [5, 5.41) is 16.1. The Morgan fingerprint density at radius 3 is 2.61 bits per heavy atom. The van der Waals surface area contributed by atoms with Crippen molar-refractivity contribution in [1.82, 2.24) is 20.3 Å². The van der Waals surface area contributed by atoms with Gasteiger partial charge in [-0.3, -0.25) is 0 Å². The van der Waals surface area contributed by atoms with Gasteiger partial charge in [0.2, 0.25) is 10.0 Å². The number of aromatic nitrogens is 3. The van der Waals surface area contributed by atoms with E-state index in [1.807, 2.05) is 27.0 Å². The summed E-state index contributed by atoms with van der Waals surface area (Å²) in [5.41, 5.74) is 0.749. The molecule has 1 rings (SSSR count). The number of nitrogens with one attached hydrogen (secondary N) is 1. The summed E-state index contributed by atoms with van der Waals surface area (Å²) in [6.45, 7) is 7.29. The van der Waals surface area contributed by atoms with Crippen molar-refractivity contribution in [2.75, 3.05) is 12.3 Å². The molecule has 1 aromatic heterocycles. The Balaban J connectivity index is 2.30. The molecule has 104 valence electrons. The highest BCUT2D eigenvalue weighted by molar-refractivity contribution is 7.89. The van der Waals surface area contributed by atoms with Gasteiger partial charge in [-0.25, -0.2) is 18.2 Å². The fourth-order valence-corrected chi connectivity index (χ4v) is 1.87. The Kier molecular flexibility index (Phi) is 4.83. The van der Waals surface area contributed by atoms with Crippen LogP contribution in [0.3, 0.4) is 0 Å². The summed E-state index contributed by atoms with van der Waals surface area (Å²) in [7, 11) is -3.36. The Hall–Kier alpha value is -0.990. The molecule has 0 atom stereocenters. The van der Waals surface area contributed by atoms with Crippen molar-refractivity contribution < 1.29 is 8.42 Å². The molecule has 0 fully saturated rings. The summed E-state index contributed by atoms with van der Waals surface area (Å²) in [4.78, 5) is 0. The van der Waals surface area contributed by atoms with Crippen molar-refractivity contribution in [1.29, 1.82) is 0 Å². The van der Waals surface area contributed by atoms with Crippen molar-refractivity contribution in [2.24, 2.45) is 5.14 Å². The molecule has 0 spiro atoms. The third-order valence-electron chi connectivity index (χ3n) is 2.32. The lowest BCUT2D eigenvalue weighted by Crippen LogP contribution is -2.23. The molecular weight excluding hydrogens is 254 g/mol. The van der Waals surface area contributed by atoms with Gasteiger partial charge in [0.05, 0.1) is 23.2 Å². The van der Waals surface area contributed by atoms with Crippen LogP contribution in [0.4, 0.5) is 0 Å². The molecule has 0 amide bonds.